The van der Waals surface area contributed by atoms with Gasteiger partial charge < -0.3 is 10.1 Å². The van der Waals surface area contributed by atoms with Gasteiger partial charge in [-0.2, -0.15) is 4.31 Å². The van der Waals surface area contributed by atoms with Crippen LogP contribution in [0.2, 0.25) is 0 Å². The number of rotatable bonds is 7. The standard InChI is InChI=1S/C23H24N2O4S2/c26-22(16-18-6-8-20(9-7-18)19-4-2-1-3-5-19)24-17-21-10-11-23(30-21)31(27,28)25-12-14-29-15-13-25/h1-11H,12-17H2,(H,24,26). The van der Waals surface area contributed by atoms with Crippen LogP contribution in [-0.4, -0.2) is 44.9 Å². The van der Waals surface area contributed by atoms with E-state index in [0.29, 0.717) is 37.1 Å². The molecular formula is C23H24N2O4S2. The number of thiophene rings is 1. The van der Waals surface area contributed by atoms with Gasteiger partial charge in [0.2, 0.25) is 5.91 Å². The van der Waals surface area contributed by atoms with Crippen LogP contribution in [0.1, 0.15) is 10.4 Å². The predicted molar refractivity (Wildman–Crippen MR) is 121 cm³/mol. The Labute approximate surface area is 186 Å². The lowest BCUT2D eigenvalue weighted by atomic mass is 10.0. The van der Waals surface area contributed by atoms with E-state index in [4.69, 9.17) is 4.74 Å². The lowest BCUT2D eigenvalue weighted by molar-refractivity contribution is -0.120. The molecule has 0 unspecified atom stereocenters. The van der Waals surface area contributed by atoms with Gasteiger partial charge in [-0.05, 0) is 28.8 Å². The van der Waals surface area contributed by atoms with Gasteiger partial charge in [-0.25, -0.2) is 8.42 Å². The zero-order valence-electron chi connectivity index (χ0n) is 17.0. The van der Waals surface area contributed by atoms with E-state index >= 15 is 0 Å². The molecule has 2 aromatic carbocycles. The minimum absolute atomic E-state index is 0.0987. The summed E-state index contributed by atoms with van der Waals surface area (Å²) in [5, 5.41) is 2.88. The van der Waals surface area contributed by atoms with Crippen molar-refractivity contribution in [3.8, 4) is 11.1 Å². The van der Waals surface area contributed by atoms with Crippen LogP contribution in [0.5, 0.6) is 0 Å². The Morgan fingerprint density at radius 3 is 2.32 bits per heavy atom. The summed E-state index contributed by atoms with van der Waals surface area (Å²) in [6, 6.07) is 21.4. The van der Waals surface area contributed by atoms with Gasteiger partial charge in [0.15, 0.2) is 0 Å². The fourth-order valence-electron chi connectivity index (χ4n) is 3.39. The van der Waals surface area contributed by atoms with E-state index < -0.39 is 10.0 Å². The molecule has 1 fully saturated rings. The number of amides is 1. The highest BCUT2D eigenvalue weighted by Crippen LogP contribution is 2.25. The molecule has 8 heteroatoms. The predicted octanol–water partition coefficient (Wildman–Crippen LogP) is 3.29. The van der Waals surface area contributed by atoms with Gasteiger partial charge in [0.25, 0.3) is 10.0 Å². The fraction of sp³-hybridized carbons (Fsp3) is 0.261. The Morgan fingerprint density at radius 2 is 1.61 bits per heavy atom. The molecule has 0 saturated carbocycles. The van der Waals surface area contributed by atoms with Crippen molar-refractivity contribution in [3.05, 3.63) is 77.2 Å². The van der Waals surface area contributed by atoms with Gasteiger partial charge >= 0.3 is 0 Å². The monoisotopic (exact) mass is 456 g/mol. The van der Waals surface area contributed by atoms with E-state index in [0.717, 1.165) is 21.6 Å². The quantitative estimate of drug-likeness (QED) is 0.592. The van der Waals surface area contributed by atoms with Gasteiger partial charge in [0, 0.05) is 18.0 Å². The Bertz CT molecular complexity index is 1120. The highest BCUT2D eigenvalue weighted by Gasteiger charge is 2.27. The molecule has 1 aliphatic heterocycles. The average molecular weight is 457 g/mol. The number of benzene rings is 2. The number of morpholine rings is 1. The van der Waals surface area contributed by atoms with Gasteiger partial charge in [-0.15, -0.1) is 11.3 Å². The first-order chi connectivity index (χ1) is 15.0. The van der Waals surface area contributed by atoms with Crippen LogP contribution < -0.4 is 5.32 Å². The Kier molecular flexibility index (Phi) is 6.82. The molecule has 0 bridgehead atoms. The molecule has 4 rings (SSSR count). The largest absolute Gasteiger partial charge is 0.379 e. The van der Waals surface area contributed by atoms with Crippen molar-refractivity contribution in [2.45, 2.75) is 17.2 Å². The highest BCUT2D eigenvalue weighted by atomic mass is 32.2. The molecule has 0 radical (unpaired) electrons. The number of carbonyl (C=O) groups excluding carboxylic acids is 1. The summed E-state index contributed by atoms with van der Waals surface area (Å²) in [5.41, 5.74) is 3.18. The molecule has 1 aromatic heterocycles. The molecule has 31 heavy (non-hydrogen) atoms. The SMILES string of the molecule is O=C(Cc1ccc(-c2ccccc2)cc1)NCc1ccc(S(=O)(=O)N2CCOCC2)s1. The normalized spacial score (nSPS) is 15.0. The third kappa shape index (κ3) is 5.40. The molecular weight excluding hydrogens is 432 g/mol. The molecule has 1 N–H and O–H groups in total. The number of carbonyl (C=O) groups is 1. The highest BCUT2D eigenvalue weighted by molar-refractivity contribution is 7.91. The molecule has 3 aromatic rings. The van der Waals surface area contributed by atoms with Crippen molar-refractivity contribution in [2.24, 2.45) is 0 Å². The number of hydrogen-bond donors (Lipinski definition) is 1. The minimum atomic E-state index is -3.50. The Hall–Kier alpha value is -2.52. The van der Waals surface area contributed by atoms with E-state index in [1.165, 1.54) is 15.6 Å². The fourth-order valence-corrected chi connectivity index (χ4v) is 6.24. The first kappa shape index (κ1) is 21.7. The second kappa shape index (κ2) is 9.74. The van der Waals surface area contributed by atoms with Crippen LogP contribution in [0.15, 0.2) is 70.9 Å². The molecule has 1 saturated heterocycles. The van der Waals surface area contributed by atoms with E-state index in [1.54, 1.807) is 12.1 Å². The topological polar surface area (TPSA) is 75.7 Å². The van der Waals surface area contributed by atoms with Crippen molar-refractivity contribution < 1.29 is 17.9 Å². The van der Waals surface area contributed by atoms with Gasteiger partial charge in [0.05, 0.1) is 26.2 Å². The molecule has 0 aliphatic carbocycles. The summed E-state index contributed by atoms with van der Waals surface area (Å²) >= 11 is 1.20. The average Bonchev–Trinajstić information content (AvgIpc) is 3.29. The van der Waals surface area contributed by atoms with Crippen molar-refractivity contribution in [1.82, 2.24) is 9.62 Å². The van der Waals surface area contributed by atoms with Crippen molar-refractivity contribution in [1.29, 1.82) is 0 Å². The summed E-state index contributed by atoms with van der Waals surface area (Å²) < 4.78 is 32.4. The summed E-state index contributed by atoms with van der Waals surface area (Å²) in [6.45, 7) is 1.88. The van der Waals surface area contributed by atoms with Crippen LogP contribution in [0.3, 0.4) is 0 Å². The summed E-state index contributed by atoms with van der Waals surface area (Å²) in [7, 11) is -3.50. The maximum Gasteiger partial charge on any atom is 0.252 e. The van der Waals surface area contributed by atoms with Crippen LogP contribution in [0.25, 0.3) is 11.1 Å². The molecule has 6 nitrogen and oxygen atoms in total. The second-order valence-corrected chi connectivity index (χ2v) is 10.6. The number of nitrogens with one attached hydrogen (secondary N) is 1. The lowest BCUT2D eigenvalue weighted by Crippen LogP contribution is -2.40. The van der Waals surface area contributed by atoms with Crippen LogP contribution in [0, 0.1) is 0 Å². The number of sulfonamides is 1. The first-order valence-electron chi connectivity index (χ1n) is 10.1. The zero-order chi connectivity index (χ0) is 21.7. The van der Waals surface area contributed by atoms with Gasteiger partial charge in [0.1, 0.15) is 4.21 Å². The molecule has 2 heterocycles. The number of nitrogens with zero attached hydrogens (tertiary/aromatic N) is 1. The smallest absolute Gasteiger partial charge is 0.252 e. The van der Waals surface area contributed by atoms with Crippen molar-refractivity contribution in [2.75, 3.05) is 26.3 Å². The Balaban J connectivity index is 1.31. The number of hydrogen-bond acceptors (Lipinski definition) is 5. The van der Waals surface area contributed by atoms with E-state index in [-0.39, 0.29) is 12.3 Å². The van der Waals surface area contributed by atoms with E-state index in [1.807, 2.05) is 42.5 Å². The molecule has 0 spiro atoms. The van der Waals surface area contributed by atoms with Gasteiger partial charge in [-0.3, -0.25) is 4.79 Å². The molecule has 1 amide bonds. The summed E-state index contributed by atoms with van der Waals surface area (Å²) in [4.78, 5) is 13.2. The molecule has 1 aliphatic rings. The first-order valence-corrected chi connectivity index (χ1v) is 12.4. The van der Waals surface area contributed by atoms with Crippen molar-refractivity contribution in [3.63, 3.8) is 0 Å². The third-order valence-electron chi connectivity index (χ3n) is 5.09. The summed E-state index contributed by atoms with van der Waals surface area (Å²) in [5.74, 6) is -0.0987. The van der Waals surface area contributed by atoms with E-state index in [9.17, 15) is 13.2 Å². The van der Waals surface area contributed by atoms with Crippen LogP contribution in [-0.2, 0) is 32.5 Å². The molecule has 0 atom stereocenters. The van der Waals surface area contributed by atoms with Crippen LogP contribution >= 0.6 is 11.3 Å². The van der Waals surface area contributed by atoms with E-state index in [2.05, 4.69) is 17.4 Å². The van der Waals surface area contributed by atoms with Crippen LogP contribution in [0.4, 0.5) is 0 Å². The maximum absolute atomic E-state index is 12.7. The number of ether oxygens (including phenoxy) is 1. The molecule has 162 valence electrons. The second-order valence-electron chi connectivity index (χ2n) is 7.25. The minimum Gasteiger partial charge on any atom is -0.379 e. The third-order valence-corrected chi connectivity index (χ3v) is 8.54. The zero-order valence-corrected chi connectivity index (χ0v) is 18.6. The summed E-state index contributed by atoms with van der Waals surface area (Å²) in [6.07, 6.45) is 0.277. The maximum atomic E-state index is 12.7. The Morgan fingerprint density at radius 1 is 0.935 bits per heavy atom. The lowest BCUT2D eigenvalue weighted by Gasteiger charge is -2.25. The van der Waals surface area contributed by atoms with Crippen molar-refractivity contribution >= 4 is 27.3 Å². The van der Waals surface area contributed by atoms with Gasteiger partial charge in [-0.1, -0.05) is 54.6 Å².